The molecule has 1 aromatic rings. The first kappa shape index (κ1) is 14.4. The van der Waals surface area contributed by atoms with Crippen molar-refractivity contribution in [3.8, 4) is 0 Å². The van der Waals surface area contributed by atoms with E-state index in [0.717, 1.165) is 30.0 Å². The summed E-state index contributed by atoms with van der Waals surface area (Å²) in [6.07, 6.45) is 7.08. The minimum atomic E-state index is -0.377. The van der Waals surface area contributed by atoms with E-state index in [1.807, 2.05) is 18.2 Å². The van der Waals surface area contributed by atoms with Crippen molar-refractivity contribution in [2.75, 3.05) is 6.61 Å². The monoisotopic (exact) mass is 293 g/mol. The quantitative estimate of drug-likeness (QED) is 0.884. The van der Waals surface area contributed by atoms with Crippen LogP contribution in [0.15, 0.2) is 24.3 Å². The van der Waals surface area contributed by atoms with Gasteiger partial charge in [-0.25, -0.2) is 0 Å². The van der Waals surface area contributed by atoms with E-state index >= 15 is 0 Å². The number of halogens is 1. The van der Waals surface area contributed by atoms with Gasteiger partial charge in [0.2, 0.25) is 0 Å². The van der Waals surface area contributed by atoms with Gasteiger partial charge in [-0.15, -0.1) is 0 Å². The summed E-state index contributed by atoms with van der Waals surface area (Å²) in [5.41, 5.74) is 7.52. The molecule has 3 rings (SSSR count). The average Bonchev–Trinajstić information content (AvgIpc) is 2.87. The normalized spacial score (nSPS) is 28.4. The second-order valence-electron chi connectivity index (χ2n) is 6.69. The minimum Gasteiger partial charge on any atom is -0.375 e. The molecule has 0 amide bonds. The van der Waals surface area contributed by atoms with Crippen molar-refractivity contribution in [1.29, 1.82) is 0 Å². The van der Waals surface area contributed by atoms with Gasteiger partial charge in [0, 0.05) is 17.2 Å². The summed E-state index contributed by atoms with van der Waals surface area (Å²) in [4.78, 5) is 0. The Morgan fingerprint density at radius 2 is 2.00 bits per heavy atom. The Labute approximate surface area is 126 Å². The molecule has 0 radical (unpaired) electrons. The SMILES string of the molecule is CC(N)(c1ccccc1Cl)C1CCOC2(CCCC2)C1. The molecule has 1 aliphatic carbocycles. The first-order valence-corrected chi connectivity index (χ1v) is 8.09. The molecule has 1 saturated carbocycles. The number of ether oxygens (including phenoxy) is 1. The summed E-state index contributed by atoms with van der Waals surface area (Å²) in [6, 6.07) is 7.99. The maximum Gasteiger partial charge on any atom is 0.0686 e. The summed E-state index contributed by atoms with van der Waals surface area (Å²) in [5.74, 6) is 0.439. The lowest BCUT2D eigenvalue weighted by atomic mass is 9.71. The predicted molar refractivity (Wildman–Crippen MR) is 82.9 cm³/mol. The van der Waals surface area contributed by atoms with Crippen molar-refractivity contribution < 1.29 is 4.74 Å². The summed E-state index contributed by atoms with van der Waals surface area (Å²) < 4.78 is 6.13. The van der Waals surface area contributed by atoms with Crippen molar-refractivity contribution >= 4 is 11.6 Å². The van der Waals surface area contributed by atoms with Crippen LogP contribution in [0.1, 0.15) is 51.0 Å². The van der Waals surface area contributed by atoms with E-state index in [9.17, 15) is 0 Å². The van der Waals surface area contributed by atoms with Crippen LogP contribution in [-0.4, -0.2) is 12.2 Å². The van der Waals surface area contributed by atoms with Crippen molar-refractivity contribution in [3.05, 3.63) is 34.9 Å². The van der Waals surface area contributed by atoms with Crippen LogP contribution in [0.5, 0.6) is 0 Å². The van der Waals surface area contributed by atoms with Gasteiger partial charge in [-0.3, -0.25) is 0 Å². The highest BCUT2D eigenvalue weighted by Gasteiger charge is 2.45. The summed E-state index contributed by atoms with van der Waals surface area (Å²) in [5, 5.41) is 0.782. The highest BCUT2D eigenvalue weighted by atomic mass is 35.5. The van der Waals surface area contributed by atoms with E-state index in [4.69, 9.17) is 22.1 Å². The number of rotatable bonds is 2. The number of hydrogen-bond acceptors (Lipinski definition) is 2. The van der Waals surface area contributed by atoms with E-state index < -0.39 is 0 Å². The first-order valence-electron chi connectivity index (χ1n) is 7.71. The van der Waals surface area contributed by atoms with Gasteiger partial charge in [-0.1, -0.05) is 42.6 Å². The number of hydrogen-bond donors (Lipinski definition) is 1. The second kappa shape index (κ2) is 5.32. The van der Waals surface area contributed by atoms with E-state index in [-0.39, 0.29) is 11.1 Å². The third kappa shape index (κ3) is 2.49. The molecule has 3 heteroatoms. The van der Waals surface area contributed by atoms with Gasteiger partial charge in [0.1, 0.15) is 0 Å². The van der Waals surface area contributed by atoms with Gasteiger partial charge < -0.3 is 10.5 Å². The van der Waals surface area contributed by atoms with Crippen molar-refractivity contribution in [1.82, 2.24) is 0 Å². The van der Waals surface area contributed by atoms with Crippen molar-refractivity contribution in [3.63, 3.8) is 0 Å². The van der Waals surface area contributed by atoms with E-state index in [1.54, 1.807) is 0 Å². The molecule has 2 unspecified atom stereocenters. The average molecular weight is 294 g/mol. The molecule has 2 nitrogen and oxygen atoms in total. The van der Waals surface area contributed by atoms with Crippen LogP contribution >= 0.6 is 11.6 Å². The molecule has 1 saturated heterocycles. The van der Waals surface area contributed by atoms with Gasteiger partial charge >= 0.3 is 0 Å². The fourth-order valence-electron chi connectivity index (χ4n) is 4.03. The standard InChI is InChI=1S/C17H24ClNO/c1-16(19,14-6-2-3-7-15(14)18)13-8-11-20-17(12-13)9-4-5-10-17/h2-3,6-7,13H,4-5,8-12,19H2,1H3. The highest BCUT2D eigenvalue weighted by molar-refractivity contribution is 6.31. The molecule has 110 valence electrons. The van der Waals surface area contributed by atoms with E-state index in [0.29, 0.717) is 5.92 Å². The fraction of sp³-hybridized carbons (Fsp3) is 0.647. The molecule has 2 N–H and O–H groups in total. The Hall–Kier alpha value is -0.570. The van der Waals surface area contributed by atoms with Crippen LogP contribution in [-0.2, 0) is 10.3 Å². The van der Waals surface area contributed by atoms with E-state index in [2.05, 4.69) is 13.0 Å². The lowest BCUT2D eigenvalue weighted by molar-refractivity contribution is -0.104. The molecule has 1 spiro atoms. The molecule has 0 bridgehead atoms. The smallest absolute Gasteiger partial charge is 0.0686 e. The summed E-state index contributed by atoms with van der Waals surface area (Å²) in [6.45, 7) is 2.97. The van der Waals surface area contributed by atoms with Crippen LogP contribution in [0.3, 0.4) is 0 Å². The molecule has 1 aromatic carbocycles. The van der Waals surface area contributed by atoms with Crippen LogP contribution in [0.4, 0.5) is 0 Å². The second-order valence-corrected chi connectivity index (χ2v) is 7.10. The predicted octanol–water partition coefficient (Wildman–Crippen LogP) is 4.25. The zero-order valence-corrected chi connectivity index (χ0v) is 13.0. The molecule has 20 heavy (non-hydrogen) atoms. The van der Waals surface area contributed by atoms with Gasteiger partial charge in [0.15, 0.2) is 0 Å². The Kier molecular flexibility index (Phi) is 3.83. The topological polar surface area (TPSA) is 35.2 Å². The lowest BCUT2D eigenvalue weighted by Crippen LogP contribution is -2.49. The molecule has 1 heterocycles. The minimum absolute atomic E-state index is 0.102. The Morgan fingerprint density at radius 1 is 1.30 bits per heavy atom. The zero-order chi connectivity index (χ0) is 14.2. The molecule has 2 fully saturated rings. The highest BCUT2D eigenvalue weighted by Crippen LogP contribution is 2.47. The van der Waals surface area contributed by atoms with Gasteiger partial charge in [0.25, 0.3) is 0 Å². The Morgan fingerprint density at radius 3 is 2.70 bits per heavy atom. The Bertz CT molecular complexity index is 480. The lowest BCUT2D eigenvalue weighted by Gasteiger charge is -2.45. The zero-order valence-electron chi connectivity index (χ0n) is 12.2. The van der Waals surface area contributed by atoms with Crippen molar-refractivity contribution in [2.24, 2.45) is 11.7 Å². The summed E-state index contributed by atoms with van der Waals surface area (Å²) in [7, 11) is 0. The molecular formula is C17H24ClNO. The molecule has 1 aliphatic heterocycles. The number of benzene rings is 1. The third-order valence-electron chi connectivity index (χ3n) is 5.31. The molecular weight excluding hydrogens is 270 g/mol. The van der Waals surface area contributed by atoms with E-state index in [1.165, 1.54) is 25.7 Å². The van der Waals surface area contributed by atoms with Crippen LogP contribution in [0.25, 0.3) is 0 Å². The van der Waals surface area contributed by atoms with Crippen LogP contribution < -0.4 is 5.73 Å². The molecule has 0 aromatic heterocycles. The Balaban J connectivity index is 1.85. The number of nitrogens with two attached hydrogens (primary N) is 1. The fourth-order valence-corrected chi connectivity index (χ4v) is 4.36. The van der Waals surface area contributed by atoms with Gasteiger partial charge in [-0.05, 0) is 50.2 Å². The van der Waals surface area contributed by atoms with Crippen LogP contribution in [0, 0.1) is 5.92 Å². The van der Waals surface area contributed by atoms with Crippen molar-refractivity contribution in [2.45, 2.75) is 56.6 Å². The maximum absolute atomic E-state index is 6.72. The largest absolute Gasteiger partial charge is 0.375 e. The van der Waals surface area contributed by atoms with Crippen LogP contribution in [0.2, 0.25) is 5.02 Å². The van der Waals surface area contributed by atoms with Gasteiger partial charge in [0.05, 0.1) is 5.60 Å². The van der Waals surface area contributed by atoms with Gasteiger partial charge in [-0.2, -0.15) is 0 Å². The molecule has 2 aliphatic rings. The summed E-state index contributed by atoms with van der Waals surface area (Å²) >= 11 is 6.37. The maximum atomic E-state index is 6.72. The third-order valence-corrected chi connectivity index (χ3v) is 5.64. The molecule has 2 atom stereocenters. The first-order chi connectivity index (χ1) is 9.54.